The Labute approximate surface area is 194 Å². The molecule has 0 fully saturated rings. The van der Waals surface area contributed by atoms with Gasteiger partial charge in [-0.15, -0.1) is 10.2 Å². The maximum absolute atomic E-state index is 13.0. The normalized spacial score (nSPS) is 12.1. The van der Waals surface area contributed by atoms with Crippen molar-refractivity contribution in [2.24, 2.45) is 0 Å². The molecule has 2 heterocycles. The number of benzene rings is 1. The number of nitrogens with zero attached hydrogens (tertiary/aromatic N) is 4. The predicted molar refractivity (Wildman–Crippen MR) is 115 cm³/mol. The highest BCUT2D eigenvalue weighted by Gasteiger charge is 2.37. The van der Waals surface area contributed by atoms with E-state index in [9.17, 15) is 26.4 Å². The quantitative estimate of drug-likeness (QED) is 0.466. The molecule has 0 aliphatic carbocycles. The van der Waals surface area contributed by atoms with Gasteiger partial charge in [-0.2, -0.15) is 13.2 Å². The van der Waals surface area contributed by atoms with Crippen LogP contribution < -0.4 is 4.90 Å². The molecule has 0 atom stereocenters. The fourth-order valence-electron chi connectivity index (χ4n) is 2.54. The number of carbonyl (C=O) groups excluding carboxylic acids is 1. The molecule has 0 bridgehead atoms. The van der Waals surface area contributed by atoms with Crippen LogP contribution in [0.25, 0.3) is 11.1 Å². The van der Waals surface area contributed by atoms with Gasteiger partial charge in [0, 0.05) is 18.8 Å². The summed E-state index contributed by atoms with van der Waals surface area (Å²) in [5, 5.41) is 5.34. The van der Waals surface area contributed by atoms with Gasteiger partial charge >= 0.3 is 6.18 Å². The summed E-state index contributed by atoms with van der Waals surface area (Å²) in [7, 11) is -2.79. The Hall–Kier alpha value is -2.28. The number of sulfone groups is 1. The van der Waals surface area contributed by atoms with E-state index < -0.39 is 32.6 Å². The summed E-state index contributed by atoms with van der Waals surface area (Å²) in [4.78, 5) is 17.4. The molecule has 0 saturated heterocycles. The third-order valence-electron chi connectivity index (χ3n) is 4.27. The van der Waals surface area contributed by atoms with E-state index in [0.717, 1.165) is 11.9 Å². The maximum atomic E-state index is 13.0. The van der Waals surface area contributed by atoms with Crippen molar-refractivity contribution in [3.05, 3.63) is 51.2 Å². The molecule has 0 spiro atoms. The van der Waals surface area contributed by atoms with Crippen LogP contribution in [-0.4, -0.2) is 42.3 Å². The number of aromatic nitrogens is 3. The number of halogens is 5. The summed E-state index contributed by atoms with van der Waals surface area (Å²) >= 11 is 12.1. The van der Waals surface area contributed by atoms with E-state index in [1.54, 1.807) is 6.07 Å². The summed E-state index contributed by atoms with van der Waals surface area (Å²) in [6.07, 6.45) is -3.47. The van der Waals surface area contributed by atoms with Gasteiger partial charge in [0.2, 0.25) is 10.1 Å². The van der Waals surface area contributed by atoms with E-state index in [2.05, 4.69) is 15.2 Å². The lowest BCUT2D eigenvalue weighted by Gasteiger charge is -2.16. The first-order valence-corrected chi connectivity index (χ1v) is 11.9. The van der Waals surface area contributed by atoms with Gasteiger partial charge in [-0.05, 0) is 23.8 Å². The molecule has 0 unspecified atom stereocenters. The molecular formula is C18H13Cl2F3N4O3S2. The molecule has 7 nitrogen and oxygen atoms in total. The Bertz CT molecular complexity index is 1300. The molecule has 14 heteroatoms. The van der Waals surface area contributed by atoms with Crippen LogP contribution in [-0.2, 0) is 16.0 Å². The fraction of sp³-hybridized carbons (Fsp3) is 0.222. The van der Waals surface area contributed by atoms with Gasteiger partial charge in [0.1, 0.15) is 5.69 Å². The highest BCUT2D eigenvalue weighted by molar-refractivity contribution is 7.91. The van der Waals surface area contributed by atoms with Gasteiger partial charge in [-0.25, -0.2) is 13.4 Å². The molecule has 32 heavy (non-hydrogen) atoms. The first-order valence-electron chi connectivity index (χ1n) is 8.72. The molecule has 0 radical (unpaired) electrons. The van der Waals surface area contributed by atoms with Crippen LogP contribution in [0.3, 0.4) is 0 Å². The number of rotatable bonds is 5. The zero-order chi connectivity index (χ0) is 23.8. The molecule has 3 rings (SSSR count). The molecule has 0 saturated carbocycles. The van der Waals surface area contributed by atoms with E-state index in [1.165, 1.54) is 31.3 Å². The number of anilines is 1. The van der Waals surface area contributed by atoms with Crippen molar-refractivity contribution in [1.82, 2.24) is 15.2 Å². The van der Waals surface area contributed by atoms with Crippen LogP contribution in [0.2, 0.25) is 10.0 Å². The summed E-state index contributed by atoms with van der Waals surface area (Å²) in [6.45, 7) is 1.39. The van der Waals surface area contributed by atoms with Crippen molar-refractivity contribution in [3.8, 4) is 11.1 Å². The van der Waals surface area contributed by atoms with E-state index in [1.807, 2.05) is 0 Å². The Kier molecular flexibility index (Phi) is 6.80. The summed E-state index contributed by atoms with van der Waals surface area (Å²) < 4.78 is 63.8. The van der Waals surface area contributed by atoms with Crippen LogP contribution in [0.5, 0.6) is 0 Å². The van der Waals surface area contributed by atoms with Gasteiger partial charge in [0.05, 0.1) is 20.7 Å². The Morgan fingerprint density at radius 1 is 1.12 bits per heavy atom. The number of hydrogen-bond acceptors (Lipinski definition) is 7. The smallest absolute Gasteiger partial charge is 0.284 e. The van der Waals surface area contributed by atoms with Crippen LogP contribution >= 0.6 is 34.5 Å². The van der Waals surface area contributed by atoms with E-state index in [4.69, 9.17) is 23.2 Å². The van der Waals surface area contributed by atoms with Gasteiger partial charge < -0.3 is 0 Å². The standard InChI is InChI=1S/C18H13Cl2F3N4O3S2/c1-3-32(29,30)13-7-10(9-4-5-11(19)12(20)6-9)8-24-14(13)15(28)27(2)17-26-25-16(31-17)18(21,22)23/h4-8H,3H2,1-2H3. The third kappa shape index (κ3) is 4.87. The van der Waals surface area contributed by atoms with Crippen LogP contribution in [0.15, 0.2) is 35.4 Å². The minimum absolute atomic E-state index is 0.146. The highest BCUT2D eigenvalue weighted by atomic mass is 35.5. The molecular weight excluding hydrogens is 512 g/mol. The van der Waals surface area contributed by atoms with E-state index in [-0.39, 0.29) is 32.1 Å². The summed E-state index contributed by atoms with van der Waals surface area (Å²) in [5.41, 5.74) is 0.401. The second-order valence-electron chi connectivity index (χ2n) is 6.35. The number of hydrogen-bond donors (Lipinski definition) is 0. The third-order valence-corrected chi connectivity index (χ3v) is 7.80. The Balaban J connectivity index is 2.08. The monoisotopic (exact) mass is 524 g/mol. The van der Waals surface area contributed by atoms with Crippen LogP contribution in [0.4, 0.5) is 18.3 Å². The average molecular weight is 525 g/mol. The van der Waals surface area contributed by atoms with Crippen molar-refractivity contribution in [1.29, 1.82) is 0 Å². The average Bonchev–Trinajstić information content (AvgIpc) is 3.25. The van der Waals surface area contributed by atoms with E-state index >= 15 is 0 Å². The Morgan fingerprint density at radius 2 is 1.81 bits per heavy atom. The molecule has 1 amide bonds. The lowest BCUT2D eigenvalue weighted by molar-refractivity contribution is -0.138. The lowest BCUT2D eigenvalue weighted by Crippen LogP contribution is -2.29. The zero-order valence-electron chi connectivity index (χ0n) is 16.3. The summed E-state index contributed by atoms with van der Waals surface area (Å²) in [6, 6.07) is 5.89. The van der Waals surface area contributed by atoms with Crippen molar-refractivity contribution < 1.29 is 26.4 Å². The predicted octanol–water partition coefficient (Wildman–Crippen LogP) is 5.00. The molecule has 0 aliphatic heterocycles. The van der Waals surface area contributed by atoms with Crippen molar-refractivity contribution in [2.45, 2.75) is 18.0 Å². The second kappa shape index (κ2) is 8.93. The SMILES string of the molecule is CCS(=O)(=O)c1cc(-c2ccc(Cl)c(Cl)c2)cnc1C(=O)N(C)c1nnc(C(F)(F)F)s1. The van der Waals surface area contributed by atoms with Crippen LogP contribution in [0, 0.1) is 0 Å². The van der Waals surface area contributed by atoms with Crippen LogP contribution in [0.1, 0.15) is 22.4 Å². The van der Waals surface area contributed by atoms with Gasteiger partial charge in [0.15, 0.2) is 9.84 Å². The van der Waals surface area contributed by atoms with Gasteiger partial charge in [-0.1, -0.05) is 47.5 Å². The maximum Gasteiger partial charge on any atom is 0.445 e. The first kappa shape index (κ1) is 24.4. The second-order valence-corrected chi connectivity index (χ2v) is 10.4. The van der Waals surface area contributed by atoms with Crippen molar-refractivity contribution in [3.63, 3.8) is 0 Å². The molecule has 2 aromatic heterocycles. The fourth-order valence-corrected chi connectivity index (χ4v) is 4.56. The summed E-state index contributed by atoms with van der Waals surface area (Å²) in [5.74, 6) is -1.29. The number of amides is 1. The largest absolute Gasteiger partial charge is 0.445 e. The molecule has 0 N–H and O–H groups in total. The van der Waals surface area contributed by atoms with E-state index in [0.29, 0.717) is 16.1 Å². The number of alkyl halides is 3. The number of pyridine rings is 1. The number of carbonyl (C=O) groups is 1. The Morgan fingerprint density at radius 3 is 2.38 bits per heavy atom. The molecule has 170 valence electrons. The minimum Gasteiger partial charge on any atom is -0.284 e. The zero-order valence-corrected chi connectivity index (χ0v) is 19.5. The molecule has 1 aromatic carbocycles. The molecule has 3 aromatic rings. The van der Waals surface area contributed by atoms with Crippen molar-refractivity contribution >= 4 is 55.4 Å². The minimum atomic E-state index is -4.73. The first-order chi connectivity index (χ1) is 14.8. The van der Waals surface area contributed by atoms with Gasteiger partial charge in [-0.3, -0.25) is 9.69 Å². The van der Waals surface area contributed by atoms with Crippen molar-refractivity contribution in [2.75, 3.05) is 17.7 Å². The van der Waals surface area contributed by atoms with Gasteiger partial charge in [0.25, 0.3) is 5.91 Å². The highest BCUT2D eigenvalue weighted by Crippen LogP contribution is 2.35. The topological polar surface area (TPSA) is 93.1 Å². The molecule has 0 aliphatic rings. The lowest BCUT2D eigenvalue weighted by atomic mass is 10.1.